The molecule has 4 heteroatoms. The predicted octanol–water partition coefficient (Wildman–Crippen LogP) is 2.93. The van der Waals surface area contributed by atoms with E-state index in [1.165, 1.54) is 0 Å². The lowest BCUT2D eigenvalue weighted by Gasteiger charge is -2.11. The monoisotopic (exact) mass is 228 g/mol. The number of halogens is 1. The zero-order chi connectivity index (χ0) is 11.4. The minimum atomic E-state index is -0.811. The number of carboxylic acids is 1. The molecule has 0 saturated heterocycles. The van der Waals surface area contributed by atoms with Crippen LogP contribution in [-0.4, -0.2) is 18.2 Å². The summed E-state index contributed by atoms with van der Waals surface area (Å²) in [6.45, 7) is 1.85. The van der Waals surface area contributed by atoms with Gasteiger partial charge in [0.15, 0.2) is 0 Å². The van der Waals surface area contributed by atoms with Gasteiger partial charge in [-0.2, -0.15) is 0 Å². The number of hydrogen-bond donors (Lipinski definition) is 1. The lowest BCUT2D eigenvalue weighted by molar-refractivity contribution is -0.137. The van der Waals surface area contributed by atoms with Crippen LogP contribution in [0.3, 0.4) is 0 Å². The number of benzene rings is 1. The van der Waals surface area contributed by atoms with Crippen LogP contribution in [-0.2, 0) is 4.79 Å². The molecular weight excluding hydrogens is 216 g/mol. The fraction of sp³-hybridized carbons (Fsp3) is 0.364. The molecule has 1 rings (SSSR count). The van der Waals surface area contributed by atoms with Gasteiger partial charge < -0.3 is 9.84 Å². The third-order valence-corrected chi connectivity index (χ3v) is 2.52. The first-order valence-electron chi connectivity index (χ1n) is 4.59. The van der Waals surface area contributed by atoms with E-state index in [2.05, 4.69) is 0 Å². The van der Waals surface area contributed by atoms with Crippen LogP contribution >= 0.6 is 11.6 Å². The van der Waals surface area contributed by atoms with E-state index < -0.39 is 5.97 Å². The number of ether oxygens (including phenoxy) is 1. The first-order valence-corrected chi connectivity index (χ1v) is 4.97. The fourth-order valence-electron chi connectivity index (χ4n) is 1.37. The fourth-order valence-corrected chi connectivity index (χ4v) is 1.64. The standard InChI is InChI=1S/C11H13ClO3/c1-7(5-11(13)14)8-3-4-10(15-2)9(12)6-8/h3-4,6-7H,5H2,1-2H3,(H,13,14). The van der Waals surface area contributed by atoms with Gasteiger partial charge in [0, 0.05) is 0 Å². The topological polar surface area (TPSA) is 46.5 Å². The highest BCUT2D eigenvalue weighted by Crippen LogP contribution is 2.29. The normalized spacial score (nSPS) is 12.2. The molecule has 0 fully saturated rings. The molecule has 1 atom stereocenters. The maximum Gasteiger partial charge on any atom is 0.303 e. The Morgan fingerprint density at radius 3 is 2.73 bits per heavy atom. The van der Waals surface area contributed by atoms with Crippen LogP contribution in [0.15, 0.2) is 18.2 Å². The van der Waals surface area contributed by atoms with Crippen LogP contribution in [0.5, 0.6) is 5.75 Å². The minimum Gasteiger partial charge on any atom is -0.495 e. The number of carboxylic acid groups (broad SMARTS) is 1. The molecule has 1 N–H and O–H groups in total. The van der Waals surface area contributed by atoms with Crippen molar-refractivity contribution in [2.24, 2.45) is 0 Å². The molecule has 1 aromatic rings. The van der Waals surface area contributed by atoms with Crippen molar-refractivity contribution in [1.82, 2.24) is 0 Å². The molecule has 0 saturated carbocycles. The Balaban J connectivity index is 2.87. The van der Waals surface area contributed by atoms with Gasteiger partial charge in [-0.3, -0.25) is 4.79 Å². The summed E-state index contributed by atoms with van der Waals surface area (Å²) < 4.78 is 5.01. The van der Waals surface area contributed by atoms with Crippen molar-refractivity contribution in [3.63, 3.8) is 0 Å². The zero-order valence-corrected chi connectivity index (χ0v) is 9.41. The Bertz CT molecular complexity index is 363. The predicted molar refractivity (Wildman–Crippen MR) is 58.7 cm³/mol. The van der Waals surface area contributed by atoms with Crippen LogP contribution in [0.4, 0.5) is 0 Å². The van der Waals surface area contributed by atoms with E-state index in [9.17, 15) is 4.79 Å². The van der Waals surface area contributed by atoms with E-state index in [1.54, 1.807) is 19.2 Å². The second-order valence-electron chi connectivity index (χ2n) is 3.39. The smallest absolute Gasteiger partial charge is 0.303 e. The highest BCUT2D eigenvalue weighted by Gasteiger charge is 2.11. The first-order chi connectivity index (χ1) is 7.04. The van der Waals surface area contributed by atoms with Crippen molar-refractivity contribution in [3.8, 4) is 5.75 Å². The van der Waals surface area contributed by atoms with E-state index in [0.717, 1.165) is 5.56 Å². The van der Waals surface area contributed by atoms with Crippen LogP contribution < -0.4 is 4.74 Å². The van der Waals surface area contributed by atoms with Gasteiger partial charge in [0.05, 0.1) is 18.6 Å². The second-order valence-corrected chi connectivity index (χ2v) is 3.80. The van der Waals surface area contributed by atoms with Crippen molar-refractivity contribution >= 4 is 17.6 Å². The molecular formula is C11H13ClO3. The minimum absolute atomic E-state index is 0.0501. The lowest BCUT2D eigenvalue weighted by atomic mass is 9.98. The maximum atomic E-state index is 10.5. The van der Waals surface area contributed by atoms with Gasteiger partial charge >= 0.3 is 5.97 Å². The highest BCUT2D eigenvalue weighted by molar-refractivity contribution is 6.32. The zero-order valence-electron chi connectivity index (χ0n) is 8.66. The van der Waals surface area contributed by atoms with E-state index in [1.807, 2.05) is 13.0 Å². The van der Waals surface area contributed by atoms with Gasteiger partial charge in [0.2, 0.25) is 0 Å². The summed E-state index contributed by atoms with van der Waals surface area (Å²) in [5, 5.41) is 9.16. The van der Waals surface area contributed by atoms with Gasteiger partial charge in [-0.1, -0.05) is 24.6 Å². The third kappa shape index (κ3) is 3.13. The molecule has 0 bridgehead atoms. The molecule has 0 aliphatic carbocycles. The van der Waals surface area contributed by atoms with E-state index in [-0.39, 0.29) is 12.3 Å². The molecule has 0 amide bonds. The molecule has 15 heavy (non-hydrogen) atoms. The Morgan fingerprint density at radius 2 is 2.27 bits per heavy atom. The van der Waals surface area contributed by atoms with Gasteiger partial charge in [-0.15, -0.1) is 0 Å². The molecule has 3 nitrogen and oxygen atoms in total. The number of rotatable bonds is 4. The van der Waals surface area contributed by atoms with E-state index in [0.29, 0.717) is 10.8 Å². The number of methoxy groups -OCH3 is 1. The van der Waals surface area contributed by atoms with Crippen molar-refractivity contribution in [2.45, 2.75) is 19.3 Å². The molecule has 0 radical (unpaired) electrons. The maximum absolute atomic E-state index is 10.5. The second kappa shape index (κ2) is 5.03. The van der Waals surface area contributed by atoms with E-state index >= 15 is 0 Å². The average molecular weight is 229 g/mol. The van der Waals surface area contributed by atoms with Crippen molar-refractivity contribution in [3.05, 3.63) is 28.8 Å². The van der Waals surface area contributed by atoms with E-state index in [4.69, 9.17) is 21.4 Å². The van der Waals surface area contributed by atoms with Crippen LogP contribution in [0.2, 0.25) is 5.02 Å². The Hall–Kier alpha value is -1.22. The molecule has 0 spiro atoms. The molecule has 0 heterocycles. The Morgan fingerprint density at radius 1 is 1.60 bits per heavy atom. The van der Waals surface area contributed by atoms with Gasteiger partial charge in [-0.25, -0.2) is 0 Å². The number of aliphatic carboxylic acids is 1. The molecule has 1 unspecified atom stereocenters. The Kier molecular flexibility index (Phi) is 3.97. The summed E-state index contributed by atoms with van der Waals surface area (Å²) in [7, 11) is 1.54. The quantitative estimate of drug-likeness (QED) is 0.862. The Labute approximate surface area is 93.6 Å². The van der Waals surface area contributed by atoms with Gasteiger partial charge in [-0.05, 0) is 23.6 Å². The van der Waals surface area contributed by atoms with Gasteiger partial charge in [0.1, 0.15) is 5.75 Å². The van der Waals surface area contributed by atoms with Crippen LogP contribution in [0.1, 0.15) is 24.8 Å². The summed E-state index contributed by atoms with van der Waals surface area (Å²) in [4.78, 5) is 10.5. The van der Waals surface area contributed by atoms with Gasteiger partial charge in [0.25, 0.3) is 0 Å². The van der Waals surface area contributed by atoms with Crippen LogP contribution in [0, 0.1) is 0 Å². The highest BCUT2D eigenvalue weighted by atomic mass is 35.5. The lowest BCUT2D eigenvalue weighted by Crippen LogP contribution is -2.02. The summed E-state index contributed by atoms with van der Waals surface area (Å²) in [5.74, 6) is -0.261. The molecule has 0 aliphatic heterocycles. The summed E-state index contributed by atoms with van der Waals surface area (Å²) in [6.07, 6.45) is 0.0999. The summed E-state index contributed by atoms with van der Waals surface area (Å²) in [5.41, 5.74) is 0.906. The van der Waals surface area contributed by atoms with Crippen molar-refractivity contribution in [2.75, 3.05) is 7.11 Å². The number of carbonyl (C=O) groups is 1. The van der Waals surface area contributed by atoms with Crippen molar-refractivity contribution < 1.29 is 14.6 Å². The average Bonchev–Trinajstić information content (AvgIpc) is 2.16. The summed E-state index contributed by atoms with van der Waals surface area (Å²) in [6, 6.07) is 5.32. The number of hydrogen-bond acceptors (Lipinski definition) is 2. The molecule has 0 aromatic heterocycles. The van der Waals surface area contributed by atoms with Crippen LogP contribution in [0.25, 0.3) is 0 Å². The summed E-state index contributed by atoms with van der Waals surface area (Å²) >= 11 is 5.94. The first kappa shape index (κ1) is 11.9. The molecule has 0 aliphatic rings. The third-order valence-electron chi connectivity index (χ3n) is 2.23. The largest absolute Gasteiger partial charge is 0.495 e. The molecule has 1 aromatic carbocycles. The SMILES string of the molecule is COc1ccc(C(C)CC(=O)O)cc1Cl. The van der Waals surface area contributed by atoms with Crippen molar-refractivity contribution in [1.29, 1.82) is 0 Å². The molecule has 82 valence electrons.